The molecule has 1 N–H and O–H groups in total. The number of rotatable bonds is 2. The van der Waals surface area contributed by atoms with Crippen molar-refractivity contribution in [1.82, 2.24) is 0 Å². The molecule has 0 atom stereocenters. The van der Waals surface area contributed by atoms with Crippen LogP contribution in [0.2, 0.25) is 0 Å². The summed E-state index contributed by atoms with van der Waals surface area (Å²) < 4.78 is 12.6. The van der Waals surface area contributed by atoms with Gasteiger partial charge in [0.1, 0.15) is 0 Å². The summed E-state index contributed by atoms with van der Waals surface area (Å²) in [6.07, 6.45) is 2.47. The number of benzene rings is 2. The molecule has 0 aliphatic rings. The van der Waals surface area contributed by atoms with Crippen molar-refractivity contribution in [2.75, 3.05) is 6.67 Å². The summed E-state index contributed by atoms with van der Waals surface area (Å²) >= 11 is 0. The quantitative estimate of drug-likeness (QED) is 0.606. The minimum Gasteiger partial charge on any atom is -1.00 e. The SMILES string of the molecule is FCCc1cccc2[nH+]cc3ccccc3c12.[Br-]. The zero-order chi connectivity index (χ0) is 11.7. The zero-order valence-electron chi connectivity index (χ0n) is 9.79. The molecule has 0 saturated heterocycles. The Bertz CT molecular complexity index is 681. The van der Waals surface area contributed by atoms with E-state index >= 15 is 0 Å². The lowest BCUT2D eigenvalue weighted by Gasteiger charge is -2.04. The van der Waals surface area contributed by atoms with Gasteiger partial charge in [0.2, 0.25) is 5.52 Å². The van der Waals surface area contributed by atoms with E-state index in [-0.39, 0.29) is 23.7 Å². The Kier molecular flexibility index (Phi) is 3.92. The van der Waals surface area contributed by atoms with E-state index in [9.17, 15) is 4.39 Å². The summed E-state index contributed by atoms with van der Waals surface area (Å²) in [5.74, 6) is 0. The molecule has 0 spiro atoms. The number of nitrogens with one attached hydrogen (secondary N) is 1. The first-order chi connectivity index (χ1) is 8.40. The van der Waals surface area contributed by atoms with Gasteiger partial charge < -0.3 is 17.0 Å². The molecule has 0 aliphatic carbocycles. The summed E-state index contributed by atoms with van der Waals surface area (Å²) in [6.45, 7) is -0.317. The standard InChI is InChI=1S/C15H12FN.BrH/c16-9-8-11-5-3-7-14-15(11)13-6-2-1-4-12(13)10-17-14;/h1-7,10H,8-9H2;1H. The third kappa shape index (κ3) is 2.10. The van der Waals surface area contributed by atoms with Crippen LogP contribution in [0.3, 0.4) is 0 Å². The van der Waals surface area contributed by atoms with E-state index in [1.807, 2.05) is 36.5 Å². The third-order valence-corrected chi connectivity index (χ3v) is 3.13. The van der Waals surface area contributed by atoms with Gasteiger partial charge in [-0.15, -0.1) is 0 Å². The maximum atomic E-state index is 12.6. The Morgan fingerprint density at radius 1 is 1.00 bits per heavy atom. The third-order valence-electron chi connectivity index (χ3n) is 3.13. The normalized spacial score (nSPS) is 10.5. The monoisotopic (exact) mass is 305 g/mol. The largest absolute Gasteiger partial charge is 1.00 e. The molecule has 0 aliphatic heterocycles. The van der Waals surface area contributed by atoms with Crippen molar-refractivity contribution in [2.24, 2.45) is 0 Å². The molecule has 0 saturated carbocycles. The van der Waals surface area contributed by atoms with Crippen LogP contribution in [-0.2, 0) is 6.42 Å². The predicted molar refractivity (Wildman–Crippen MR) is 67.7 cm³/mol. The van der Waals surface area contributed by atoms with Crippen LogP contribution in [0.1, 0.15) is 5.56 Å². The minimum absolute atomic E-state index is 0. The van der Waals surface area contributed by atoms with Gasteiger partial charge in [-0.2, -0.15) is 0 Å². The van der Waals surface area contributed by atoms with Gasteiger partial charge in [-0.3, -0.25) is 4.39 Å². The van der Waals surface area contributed by atoms with Gasteiger partial charge in [-0.1, -0.05) is 30.3 Å². The number of fused-ring (bicyclic) bond motifs is 3. The number of alkyl halides is 1. The van der Waals surface area contributed by atoms with Crippen LogP contribution < -0.4 is 22.0 Å². The molecule has 0 fully saturated rings. The van der Waals surface area contributed by atoms with Crippen LogP contribution in [0, 0.1) is 0 Å². The van der Waals surface area contributed by atoms with Crippen molar-refractivity contribution >= 4 is 21.7 Å². The smallest absolute Gasteiger partial charge is 0.211 e. The molecule has 3 rings (SSSR count). The number of aryl methyl sites for hydroxylation is 1. The molecular weight excluding hydrogens is 293 g/mol. The van der Waals surface area contributed by atoms with E-state index < -0.39 is 0 Å². The second-order valence-corrected chi connectivity index (χ2v) is 4.15. The average Bonchev–Trinajstić information content (AvgIpc) is 2.39. The second kappa shape index (κ2) is 5.44. The van der Waals surface area contributed by atoms with E-state index in [4.69, 9.17) is 0 Å². The average molecular weight is 306 g/mol. The fourth-order valence-corrected chi connectivity index (χ4v) is 2.35. The Morgan fingerprint density at radius 3 is 2.67 bits per heavy atom. The highest BCUT2D eigenvalue weighted by molar-refractivity contribution is 6.05. The van der Waals surface area contributed by atoms with Crippen LogP contribution >= 0.6 is 0 Å². The molecule has 0 radical (unpaired) electrons. The van der Waals surface area contributed by atoms with Gasteiger partial charge in [-0.05, 0) is 11.6 Å². The lowest BCUT2D eigenvalue weighted by atomic mass is 10.0. The molecule has 92 valence electrons. The van der Waals surface area contributed by atoms with Gasteiger partial charge in [0, 0.05) is 23.3 Å². The number of halogens is 2. The number of pyridine rings is 1. The Hall–Kier alpha value is -1.48. The van der Waals surface area contributed by atoms with Crippen LogP contribution in [0.4, 0.5) is 4.39 Å². The molecule has 0 amide bonds. The molecule has 2 aromatic carbocycles. The van der Waals surface area contributed by atoms with Gasteiger partial charge in [0.15, 0.2) is 6.20 Å². The first-order valence-corrected chi connectivity index (χ1v) is 5.77. The van der Waals surface area contributed by atoms with Crippen molar-refractivity contribution in [3.8, 4) is 0 Å². The van der Waals surface area contributed by atoms with Gasteiger partial charge in [0.05, 0.1) is 12.1 Å². The fraction of sp³-hybridized carbons (Fsp3) is 0.133. The molecule has 18 heavy (non-hydrogen) atoms. The van der Waals surface area contributed by atoms with Crippen LogP contribution in [0.5, 0.6) is 0 Å². The highest BCUT2D eigenvalue weighted by Crippen LogP contribution is 2.25. The highest BCUT2D eigenvalue weighted by atomic mass is 79.9. The van der Waals surface area contributed by atoms with Crippen LogP contribution in [0.15, 0.2) is 48.7 Å². The van der Waals surface area contributed by atoms with Gasteiger partial charge in [0.25, 0.3) is 0 Å². The van der Waals surface area contributed by atoms with Gasteiger partial charge >= 0.3 is 0 Å². The molecule has 0 bridgehead atoms. The molecule has 1 heterocycles. The van der Waals surface area contributed by atoms with Crippen molar-refractivity contribution in [3.05, 3.63) is 54.2 Å². The van der Waals surface area contributed by atoms with E-state index in [1.54, 1.807) is 0 Å². The molecule has 3 heteroatoms. The minimum atomic E-state index is -0.317. The van der Waals surface area contributed by atoms with Crippen molar-refractivity contribution in [3.63, 3.8) is 0 Å². The number of H-pyrrole nitrogens is 1. The second-order valence-electron chi connectivity index (χ2n) is 4.15. The lowest BCUT2D eigenvalue weighted by molar-refractivity contribution is -0.342. The van der Waals surface area contributed by atoms with Gasteiger partial charge in [-0.25, -0.2) is 4.98 Å². The first-order valence-electron chi connectivity index (χ1n) is 5.77. The Balaban J connectivity index is 0.00000120. The van der Waals surface area contributed by atoms with Crippen molar-refractivity contribution < 1.29 is 26.4 Å². The van der Waals surface area contributed by atoms with Crippen LogP contribution in [-0.4, -0.2) is 6.67 Å². The molecule has 0 unspecified atom stereocenters. The number of aromatic amines is 1. The lowest BCUT2D eigenvalue weighted by Crippen LogP contribution is -3.00. The molecular formula is C15H13BrFN. The summed E-state index contributed by atoms with van der Waals surface area (Å²) in [5, 5.41) is 3.49. The summed E-state index contributed by atoms with van der Waals surface area (Å²) in [5.41, 5.74) is 2.13. The zero-order valence-corrected chi connectivity index (χ0v) is 11.4. The molecule has 1 aromatic heterocycles. The first kappa shape index (κ1) is 13.0. The maximum absolute atomic E-state index is 12.6. The summed E-state index contributed by atoms with van der Waals surface area (Å²) in [7, 11) is 0. The summed E-state index contributed by atoms with van der Waals surface area (Å²) in [4.78, 5) is 3.27. The number of hydrogen-bond acceptors (Lipinski definition) is 0. The van der Waals surface area contributed by atoms with Crippen LogP contribution in [0.25, 0.3) is 21.7 Å². The van der Waals surface area contributed by atoms with E-state index in [0.717, 1.165) is 21.9 Å². The highest BCUT2D eigenvalue weighted by Gasteiger charge is 2.09. The van der Waals surface area contributed by atoms with E-state index in [0.29, 0.717) is 6.42 Å². The number of hydrogen-bond donors (Lipinski definition) is 0. The topological polar surface area (TPSA) is 14.1 Å². The molecule has 1 nitrogen and oxygen atoms in total. The van der Waals surface area contributed by atoms with Crippen molar-refractivity contribution in [2.45, 2.75) is 6.42 Å². The predicted octanol–water partition coefficient (Wildman–Crippen LogP) is 0.323. The van der Waals surface area contributed by atoms with E-state index in [1.165, 1.54) is 5.39 Å². The summed E-state index contributed by atoms with van der Waals surface area (Å²) in [6, 6.07) is 14.2. The van der Waals surface area contributed by atoms with E-state index in [2.05, 4.69) is 17.1 Å². The Morgan fingerprint density at radius 2 is 1.83 bits per heavy atom. The van der Waals surface area contributed by atoms with Crippen molar-refractivity contribution in [1.29, 1.82) is 0 Å². The number of aromatic nitrogens is 1. The Labute approximate surface area is 115 Å². The fourth-order valence-electron chi connectivity index (χ4n) is 2.35. The maximum Gasteiger partial charge on any atom is 0.211 e. The molecule has 3 aromatic rings.